The standard InChI is InChI=1S/C14H18ClNO2S/c15-12-7-10(13(16)8-14(17)18)1-2-11(12)9-3-5-19-6-4-9/h1-2,7,9,13H,3-6,8,16H2,(H,17,18). The smallest absolute Gasteiger partial charge is 0.305 e. The average Bonchev–Trinajstić information content (AvgIpc) is 2.38. The molecule has 1 aromatic carbocycles. The third kappa shape index (κ3) is 3.88. The Morgan fingerprint density at radius 1 is 1.47 bits per heavy atom. The molecule has 1 atom stereocenters. The Balaban J connectivity index is 2.14. The summed E-state index contributed by atoms with van der Waals surface area (Å²) in [5, 5.41) is 9.48. The summed E-state index contributed by atoms with van der Waals surface area (Å²) < 4.78 is 0. The Hall–Kier alpha value is -0.710. The average molecular weight is 300 g/mol. The molecule has 0 aromatic heterocycles. The lowest BCUT2D eigenvalue weighted by molar-refractivity contribution is -0.137. The molecule has 1 heterocycles. The molecule has 1 aliphatic heterocycles. The molecule has 5 heteroatoms. The first-order valence-electron chi connectivity index (χ1n) is 6.42. The monoisotopic (exact) mass is 299 g/mol. The van der Waals surface area contributed by atoms with E-state index in [4.69, 9.17) is 22.4 Å². The second-order valence-corrected chi connectivity index (χ2v) is 6.50. The van der Waals surface area contributed by atoms with Crippen LogP contribution >= 0.6 is 23.4 Å². The van der Waals surface area contributed by atoms with E-state index < -0.39 is 12.0 Å². The molecule has 3 N–H and O–H groups in total. The number of carboxylic acid groups (broad SMARTS) is 1. The van der Waals surface area contributed by atoms with Gasteiger partial charge in [0.2, 0.25) is 0 Å². The SMILES string of the molecule is NC(CC(=O)O)c1ccc(C2CCSCC2)c(Cl)c1. The fourth-order valence-corrected chi connectivity index (χ4v) is 3.87. The van der Waals surface area contributed by atoms with Crippen LogP contribution in [0.1, 0.15) is 42.3 Å². The van der Waals surface area contributed by atoms with Crippen molar-refractivity contribution in [3.63, 3.8) is 0 Å². The normalized spacial score (nSPS) is 18.2. The van der Waals surface area contributed by atoms with Crippen molar-refractivity contribution in [1.82, 2.24) is 0 Å². The van der Waals surface area contributed by atoms with Crippen molar-refractivity contribution in [3.05, 3.63) is 34.3 Å². The molecule has 2 rings (SSSR count). The number of rotatable bonds is 4. The van der Waals surface area contributed by atoms with Crippen LogP contribution in [-0.2, 0) is 4.79 Å². The number of nitrogens with two attached hydrogens (primary N) is 1. The van der Waals surface area contributed by atoms with E-state index in [1.165, 1.54) is 17.1 Å². The van der Waals surface area contributed by atoms with E-state index in [-0.39, 0.29) is 6.42 Å². The van der Waals surface area contributed by atoms with Crippen molar-refractivity contribution in [3.8, 4) is 0 Å². The fraction of sp³-hybridized carbons (Fsp3) is 0.500. The zero-order valence-electron chi connectivity index (χ0n) is 10.6. The predicted octanol–water partition coefficient (Wildman–Crippen LogP) is 3.43. The van der Waals surface area contributed by atoms with Crippen molar-refractivity contribution in [1.29, 1.82) is 0 Å². The molecule has 1 unspecified atom stereocenters. The second-order valence-electron chi connectivity index (χ2n) is 4.87. The zero-order valence-corrected chi connectivity index (χ0v) is 12.2. The van der Waals surface area contributed by atoms with Gasteiger partial charge in [0.25, 0.3) is 0 Å². The summed E-state index contributed by atoms with van der Waals surface area (Å²) in [6.45, 7) is 0. The highest BCUT2D eigenvalue weighted by Gasteiger charge is 2.19. The lowest BCUT2D eigenvalue weighted by Gasteiger charge is -2.23. The highest BCUT2D eigenvalue weighted by atomic mass is 35.5. The molecular formula is C14H18ClNO2S. The number of hydrogen-bond donors (Lipinski definition) is 2. The third-order valence-electron chi connectivity index (χ3n) is 3.51. The highest BCUT2D eigenvalue weighted by molar-refractivity contribution is 7.99. The summed E-state index contributed by atoms with van der Waals surface area (Å²) in [6.07, 6.45) is 2.24. The molecule has 3 nitrogen and oxygen atoms in total. The molecule has 0 aliphatic carbocycles. The van der Waals surface area contributed by atoms with E-state index in [9.17, 15) is 4.79 Å². The topological polar surface area (TPSA) is 63.3 Å². The summed E-state index contributed by atoms with van der Waals surface area (Å²) in [7, 11) is 0. The highest BCUT2D eigenvalue weighted by Crippen LogP contribution is 2.36. The fourth-order valence-electron chi connectivity index (χ4n) is 2.42. The van der Waals surface area contributed by atoms with Crippen molar-refractivity contribution >= 4 is 29.3 Å². The maximum atomic E-state index is 10.7. The number of halogens is 1. The molecular weight excluding hydrogens is 282 g/mol. The van der Waals surface area contributed by atoms with E-state index in [0.717, 1.165) is 23.4 Å². The maximum absolute atomic E-state index is 10.7. The molecule has 1 aromatic rings. The van der Waals surface area contributed by atoms with Gasteiger partial charge in [0.1, 0.15) is 0 Å². The Morgan fingerprint density at radius 2 is 2.16 bits per heavy atom. The van der Waals surface area contributed by atoms with E-state index in [1.807, 2.05) is 30.0 Å². The molecule has 1 saturated heterocycles. The number of carboxylic acids is 1. The van der Waals surface area contributed by atoms with Gasteiger partial charge in [-0.05, 0) is 47.5 Å². The Kier molecular flexibility index (Phi) is 5.13. The van der Waals surface area contributed by atoms with Gasteiger partial charge >= 0.3 is 5.97 Å². The van der Waals surface area contributed by atoms with Crippen molar-refractivity contribution in [2.24, 2.45) is 5.73 Å². The van der Waals surface area contributed by atoms with Crippen molar-refractivity contribution in [2.45, 2.75) is 31.2 Å². The number of benzene rings is 1. The molecule has 0 radical (unpaired) electrons. The maximum Gasteiger partial charge on any atom is 0.305 e. The molecule has 1 aliphatic rings. The summed E-state index contributed by atoms with van der Waals surface area (Å²) in [6, 6.07) is 5.26. The minimum Gasteiger partial charge on any atom is -0.481 e. The lowest BCUT2D eigenvalue weighted by Crippen LogP contribution is -2.15. The molecule has 104 valence electrons. The van der Waals surface area contributed by atoms with Gasteiger partial charge in [-0.1, -0.05) is 23.7 Å². The van der Waals surface area contributed by atoms with Gasteiger partial charge in [-0.15, -0.1) is 0 Å². The van der Waals surface area contributed by atoms with Crippen molar-refractivity contribution < 1.29 is 9.90 Å². The van der Waals surface area contributed by atoms with Gasteiger partial charge in [-0.2, -0.15) is 11.8 Å². The molecule has 0 saturated carbocycles. The van der Waals surface area contributed by atoms with Gasteiger partial charge in [0, 0.05) is 11.1 Å². The van der Waals surface area contributed by atoms with Crippen LogP contribution < -0.4 is 5.73 Å². The number of carbonyl (C=O) groups is 1. The zero-order chi connectivity index (χ0) is 13.8. The lowest BCUT2D eigenvalue weighted by atomic mass is 9.91. The number of aliphatic carboxylic acids is 1. The Labute approximate surface area is 122 Å². The largest absolute Gasteiger partial charge is 0.481 e. The second kappa shape index (κ2) is 6.64. The van der Waals surface area contributed by atoms with Crippen LogP contribution in [0.25, 0.3) is 0 Å². The van der Waals surface area contributed by atoms with E-state index in [0.29, 0.717) is 5.92 Å². The van der Waals surface area contributed by atoms with E-state index >= 15 is 0 Å². The van der Waals surface area contributed by atoms with Crippen LogP contribution in [0.5, 0.6) is 0 Å². The Bertz CT molecular complexity index is 461. The van der Waals surface area contributed by atoms with Crippen LogP contribution in [0.4, 0.5) is 0 Å². The molecule has 19 heavy (non-hydrogen) atoms. The number of thioether (sulfide) groups is 1. The molecule has 0 spiro atoms. The van der Waals surface area contributed by atoms with Gasteiger partial charge in [0.05, 0.1) is 6.42 Å². The summed E-state index contributed by atoms with van der Waals surface area (Å²) >= 11 is 8.32. The van der Waals surface area contributed by atoms with E-state index in [2.05, 4.69) is 0 Å². The van der Waals surface area contributed by atoms with Gasteiger partial charge in [-0.3, -0.25) is 4.79 Å². The van der Waals surface area contributed by atoms with Crippen LogP contribution in [-0.4, -0.2) is 22.6 Å². The molecule has 0 amide bonds. The van der Waals surface area contributed by atoms with Crippen LogP contribution in [0.2, 0.25) is 5.02 Å². The summed E-state index contributed by atoms with van der Waals surface area (Å²) in [5.74, 6) is 2.00. The minimum absolute atomic E-state index is 0.0737. The molecule has 0 bridgehead atoms. The van der Waals surface area contributed by atoms with Crippen molar-refractivity contribution in [2.75, 3.05) is 11.5 Å². The van der Waals surface area contributed by atoms with Gasteiger partial charge in [-0.25, -0.2) is 0 Å². The first kappa shape index (κ1) is 14.7. The molecule has 1 fully saturated rings. The quantitative estimate of drug-likeness (QED) is 0.894. The minimum atomic E-state index is -0.892. The third-order valence-corrected chi connectivity index (χ3v) is 4.88. The summed E-state index contributed by atoms with van der Waals surface area (Å²) in [4.78, 5) is 10.7. The van der Waals surface area contributed by atoms with Crippen LogP contribution in [0, 0.1) is 0 Å². The van der Waals surface area contributed by atoms with Crippen LogP contribution in [0.15, 0.2) is 18.2 Å². The van der Waals surface area contributed by atoms with E-state index in [1.54, 1.807) is 0 Å². The predicted molar refractivity (Wildman–Crippen MR) is 79.9 cm³/mol. The first-order chi connectivity index (χ1) is 9.08. The van der Waals surface area contributed by atoms with Gasteiger partial charge in [0.15, 0.2) is 0 Å². The summed E-state index contributed by atoms with van der Waals surface area (Å²) in [5.41, 5.74) is 7.82. The van der Waals surface area contributed by atoms with Crippen LogP contribution in [0.3, 0.4) is 0 Å². The first-order valence-corrected chi connectivity index (χ1v) is 7.95. The Morgan fingerprint density at radius 3 is 2.74 bits per heavy atom. The number of hydrogen-bond acceptors (Lipinski definition) is 3. The van der Waals surface area contributed by atoms with Gasteiger partial charge < -0.3 is 10.8 Å².